The lowest BCUT2D eigenvalue weighted by atomic mass is 9.82. The highest BCUT2D eigenvalue weighted by atomic mass is 15.1. The van der Waals surface area contributed by atoms with Crippen LogP contribution in [-0.2, 0) is 10.8 Å². The van der Waals surface area contributed by atoms with Gasteiger partial charge in [0.2, 0.25) is 0 Å². The summed E-state index contributed by atoms with van der Waals surface area (Å²) in [4.78, 5) is 2.47. The summed E-state index contributed by atoms with van der Waals surface area (Å²) in [7, 11) is 0. The Morgan fingerprint density at radius 1 is 0.295 bits per heavy atom. The fourth-order valence-electron chi connectivity index (χ4n) is 11.0. The molecule has 0 aliphatic heterocycles. The molecule has 0 saturated carbocycles. The third kappa shape index (κ3) is 5.20. The molecule has 61 heavy (non-hydrogen) atoms. The van der Waals surface area contributed by atoms with Crippen LogP contribution in [0.5, 0.6) is 0 Å². The molecule has 0 fully saturated rings. The van der Waals surface area contributed by atoms with Gasteiger partial charge < -0.3 is 4.90 Å². The molecule has 0 aromatic heterocycles. The summed E-state index contributed by atoms with van der Waals surface area (Å²) in [5.41, 5.74) is 19.0. The number of hydrogen-bond donors (Lipinski definition) is 0. The van der Waals surface area contributed by atoms with Crippen LogP contribution in [0.25, 0.3) is 76.8 Å². The molecule has 0 heterocycles. The van der Waals surface area contributed by atoms with E-state index < -0.39 is 0 Å². The van der Waals surface area contributed by atoms with E-state index in [-0.39, 0.29) is 10.8 Å². The van der Waals surface area contributed by atoms with Gasteiger partial charge in [-0.3, -0.25) is 0 Å². The fraction of sp³-hybridized carbons (Fsp3) is 0.100. The first-order chi connectivity index (χ1) is 29.8. The quantitative estimate of drug-likeness (QED) is 0.157. The van der Waals surface area contributed by atoms with E-state index in [0.717, 1.165) is 17.1 Å². The molecule has 0 N–H and O–H groups in total. The molecular weight excluding hydrogens is 735 g/mol. The Hall–Kier alpha value is -7.22. The van der Waals surface area contributed by atoms with Gasteiger partial charge in [-0.05, 0) is 135 Å². The van der Waals surface area contributed by atoms with Crippen LogP contribution in [0, 0.1) is 0 Å². The lowest BCUT2D eigenvalue weighted by molar-refractivity contribution is 0.660. The lowest BCUT2D eigenvalue weighted by Crippen LogP contribution is -2.18. The van der Waals surface area contributed by atoms with E-state index in [1.807, 2.05) is 0 Å². The third-order valence-corrected chi connectivity index (χ3v) is 14.1. The molecule has 0 unspecified atom stereocenters. The maximum atomic E-state index is 2.47. The Labute approximate surface area is 358 Å². The van der Waals surface area contributed by atoms with Crippen molar-refractivity contribution in [1.82, 2.24) is 0 Å². The first kappa shape index (κ1) is 35.7. The van der Waals surface area contributed by atoms with Gasteiger partial charge in [0.15, 0.2) is 0 Å². The second kappa shape index (κ2) is 13.1. The predicted molar refractivity (Wildman–Crippen MR) is 260 cm³/mol. The molecular formula is C60H45N. The SMILES string of the molecule is CC1(C)c2ccccc2-c2ccc(N(c3ccc(-c4ccc5c6ccccc6c6ccccc6c5c4-c4ccccc4)cc3)c3ccc4c(c3)C(C)(C)c3ccccc3-4)cc21. The number of nitrogens with zero attached hydrogens (tertiary/aromatic N) is 1. The van der Waals surface area contributed by atoms with Gasteiger partial charge in [-0.25, -0.2) is 0 Å². The number of fused-ring (bicyclic) bond motifs is 12. The zero-order valence-electron chi connectivity index (χ0n) is 35.0. The summed E-state index contributed by atoms with van der Waals surface area (Å²) in [6.07, 6.45) is 0. The molecule has 0 atom stereocenters. The maximum Gasteiger partial charge on any atom is 0.0465 e. The summed E-state index contributed by atoms with van der Waals surface area (Å²) in [5.74, 6) is 0. The maximum absolute atomic E-state index is 2.47. The summed E-state index contributed by atoms with van der Waals surface area (Å²) in [6.45, 7) is 9.48. The highest BCUT2D eigenvalue weighted by molar-refractivity contribution is 6.29. The van der Waals surface area contributed by atoms with Crippen molar-refractivity contribution in [3.8, 4) is 44.5 Å². The summed E-state index contributed by atoms with van der Waals surface area (Å²) in [6, 6.07) is 74.8. The van der Waals surface area contributed by atoms with Crippen LogP contribution in [0.4, 0.5) is 17.1 Å². The zero-order valence-corrected chi connectivity index (χ0v) is 35.0. The third-order valence-electron chi connectivity index (χ3n) is 14.1. The number of rotatable bonds is 5. The normalized spacial score (nSPS) is 14.2. The minimum atomic E-state index is -0.113. The van der Waals surface area contributed by atoms with Crippen molar-refractivity contribution in [1.29, 1.82) is 0 Å². The number of benzene rings is 10. The van der Waals surface area contributed by atoms with E-state index in [1.165, 1.54) is 99.1 Å². The van der Waals surface area contributed by atoms with Crippen molar-refractivity contribution in [2.45, 2.75) is 38.5 Å². The van der Waals surface area contributed by atoms with Gasteiger partial charge in [0.25, 0.3) is 0 Å². The first-order valence-electron chi connectivity index (χ1n) is 21.6. The molecule has 0 amide bonds. The molecule has 0 radical (unpaired) electrons. The minimum absolute atomic E-state index is 0.113. The van der Waals surface area contributed by atoms with Crippen molar-refractivity contribution >= 4 is 49.4 Å². The smallest absolute Gasteiger partial charge is 0.0465 e. The Balaban J connectivity index is 1.05. The van der Waals surface area contributed by atoms with Crippen molar-refractivity contribution in [2.24, 2.45) is 0 Å². The van der Waals surface area contributed by atoms with Gasteiger partial charge in [0, 0.05) is 27.9 Å². The van der Waals surface area contributed by atoms with Crippen LogP contribution in [0.3, 0.4) is 0 Å². The van der Waals surface area contributed by atoms with Crippen molar-refractivity contribution in [2.75, 3.05) is 4.90 Å². The highest BCUT2D eigenvalue weighted by Gasteiger charge is 2.37. The van der Waals surface area contributed by atoms with Gasteiger partial charge in [0.05, 0.1) is 0 Å². The molecule has 0 bridgehead atoms. The Bertz CT molecular complexity index is 3260. The topological polar surface area (TPSA) is 3.24 Å². The number of hydrogen-bond acceptors (Lipinski definition) is 1. The summed E-state index contributed by atoms with van der Waals surface area (Å²) >= 11 is 0. The molecule has 0 saturated heterocycles. The largest absolute Gasteiger partial charge is 0.310 e. The van der Waals surface area contributed by atoms with Gasteiger partial charge in [-0.2, -0.15) is 0 Å². The molecule has 12 rings (SSSR count). The highest BCUT2D eigenvalue weighted by Crippen LogP contribution is 2.53. The van der Waals surface area contributed by atoms with E-state index in [4.69, 9.17) is 0 Å². The van der Waals surface area contributed by atoms with Crippen LogP contribution in [0.15, 0.2) is 200 Å². The van der Waals surface area contributed by atoms with E-state index in [0.29, 0.717) is 0 Å². The Morgan fingerprint density at radius 3 is 1.26 bits per heavy atom. The molecule has 0 spiro atoms. The van der Waals surface area contributed by atoms with Crippen LogP contribution in [0.2, 0.25) is 0 Å². The van der Waals surface area contributed by atoms with Crippen LogP contribution >= 0.6 is 0 Å². The predicted octanol–water partition coefficient (Wildman–Crippen LogP) is 16.6. The van der Waals surface area contributed by atoms with Crippen molar-refractivity contribution in [3.05, 3.63) is 222 Å². The Kier molecular flexibility index (Phi) is 7.69. The van der Waals surface area contributed by atoms with Gasteiger partial charge in [-0.15, -0.1) is 0 Å². The molecule has 10 aromatic rings. The first-order valence-corrected chi connectivity index (χ1v) is 21.6. The van der Waals surface area contributed by atoms with Crippen LogP contribution in [0.1, 0.15) is 49.9 Å². The minimum Gasteiger partial charge on any atom is -0.310 e. The second-order valence-electron chi connectivity index (χ2n) is 18.1. The second-order valence-corrected chi connectivity index (χ2v) is 18.1. The molecule has 1 heteroatoms. The molecule has 1 nitrogen and oxygen atoms in total. The van der Waals surface area contributed by atoms with Crippen LogP contribution in [-0.4, -0.2) is 0 Å². The molecule has 2 aliphatic carbocycles. The van der Waals surface area contributed by atoms with Gasteiger partial charge in [0.1, 0.15) is 0 Å². The van der Waals surface area contributed by atoms with Gasteiger partial charge >= 0.3 is 0 Å². The van der Waals surface area contributed by atoms with E-state index in [9.17, 15) is 0 Å². The van der Waals surface area contributed by atoms with E-state index in [2.05, 4.69) is 233 Å². The lowest BCUT2D eigenvalue weighted by Gasteiger charge is -2.30. The standard InChI is InChI=1S/C60H45N/c1-59(2)53-24-14-12-21-47(53)49-32-30-41(36-55(49)59)61(42-31-33-50-48-22-13-15-25-54(48)60(3,4)56(50)37-42)40-28-26-38(27-29-40)43-34-35-52-46-20-9-8-18-44(46)45-19-10-11-23-51(45)58(52)57(43)39-16-6-5-7-17-39/h5-37H,1-4H3. The molecule has 10 aromatic carbocycles. The zero-order chi connectivity index (χ0) is 41.0. The number of anilines is 3. The molecule has 290 valence electrons. The molecule has 2 aliphatic rings. The van der Waals surface area contributed by atoms with Crippen molar-refractivity contribution in [3.63, 3.8) is 0 Å². The van der Waals surface area contributed by atoms with Crippen LogP contribution < -0.4 is 4.90 Å². The van der Waals surface area contributed by atoms with E-state index in [1.54, 1.807) is 0 Å². The summed E-state index contributed by atoms with van der Waals surface area (Å²) < 4.78 is 0. The van der Waals surface area contributed by atoms with Crippen molar-refractivity contribution < 1.29 is 0 Å². The summed E-state index contributed by atoms with van der Waals surface area (Å²) in [5, 5.41) is 7.72. The van der Waals surface area contributed by atoms with Gasteiger partial charge in [-0.1, -0.05) is 191 Å². The monoisotopic (exact) mass is 779 g/mol. The fourth-order valence-corrected chi connectivity index (χ4v) is 11.0. The average Bonchev–Trinajstić information content (AvgIpc) is 3.68. The Morgan fingerprint density at radius 2 is 0.705 bits per heavy atom. The average molecular weight is 780 g/mol. The van der Waals surface area contributed by atoms with E-state index >= 15 is 0 Å².